The lowest BCUT2D eigenvalue weighted by atomic mass is 10.0. The molecule has 4 rings (SSSR count). The minimum absolute atomic E-state index is 0.0121. The highest BCUT2D eigenvalue weighted by molar-refractivity contribution is 6.99. The van der Waals surface area contributed by atoms with E-state index in [0.717, 1.165) is 12.8 Å². The second kappa shape index (κ2) is 8.36. The summed E-state index contributed by atoms with van der Waals surface area (Å²) in [4.78, 5) is 23.9. The molecule has 0 saturated heterocycles. The Balaban J connectivity index is 1.58. The molecule has 0 amide bonds. The van der Waals surface area contributed by atoms with E-state index in [1.807, 2.05) is 0 Å². The van der Waals surface area contributed by atoms with Gasteiger partial charge in [-0.3, -0.25) is 9.59 Å². The third-order valence-electron chi connectivity index (χ3n) is 7.08. The van der Waals surface area contributed by atoms with Crippen molar-refractivity contribution in [2.24, 2.45) is 17.8 Å². The molecular weight excluding hydrogens is 404 g/mol. The van der Waals surface area contributed by atoms with Crippen molar-refractivity contribution in [1.82, 2.24) is 0 Å². The first-order valence-electron chi connectivity index (χ1n) is 11.2. The first-order valence-corrected chi connectivity index (χ1v) is 13.1. The Morgan fingerprint density at radius 3 is 1.81 bits per heavy atom. The van der Waals surface area contributed by atoms with Crippen molar-refractivity contribution >= 4 is 30.4 Å². The van der Waals surface area contributed by atoms with Crippen LogP contribution >= 0.6 is 0 Å². The van der Waals surface area contributed by atoms with Crippen molar-refractivity contribution in [3.05, 3.63) is 60.7 Å². The third kappa shape index (κ3) is 4.01. The summed E-state index contributed by atoms with van der Waals surface area (Å²) >= 11 is 0. The number of methoxy groups -OCH3 is 1. The molecule has 31 heavy (non-hydrogen) atoms. The molecule has 2 fully saturated rings. The fourth-order valence-electron chi connectivity index (χ4n) is 5.64. The molecule has 2 unspecified atom stereocenters. The number of hydrogen-bond donors (Lipinski definition) is 0. The molecule has 4 nitrogen and oxygen atoms in total. The van der Waals surface area contributed by atoms with Crippen molar-refractivity contribution in [2.45, 2.75) is 51.2 Å². The molecule has 164 valence electrons. The summed E-state index contributed by atoms with van der Waals surface area (Å²) in [6, 6.07) is 21.4. The van der Waals surface area contributed by atoms with E-state index in [1.165, 1.54) is 17.5 Å². The lowest BCUT2D eigenvalue weighted by Gasteiger charge is -2.45. The van der Waals surface area contributed by atoms with Gasteiger partial charge < -0.3 is 9.16 Å². The first kappa shape index (κ1) is 22.0. The normalized spacial score (nSPS) is 25.0. The SMILES string of the molecule is COC(=O)CC(=O)C1[C@H]2CC(O[Si](c3ccccc3)(c3ccccc3)C(C)(C)C)C[C@@H]12. The van der Waals surface area contributed by atoms with Crippen LogP contribution < -0.4 is 10.4 Å². The molecule has 2 aliphatic rings. The number of carbonyl (C=O) groups is 2. The van der Waals surface area contributed by atoms with Crippen LogP contribution in [-0.4, -0.2) is 33.3 Å². The van der Waals surface area contributed by atoms with Gasteiger partial charge in [0, 0.05) is 12.0 Å². The quantitative estimate of drug-likeness (QED) is 0.377. The smallest absolute Gasteiger partial charge is 0.313 e. The fourth-order valence-corrected chi connectivity index (χ4v) is 10.3. The second-order valence-corrected chi connectivity index (χ2v) is 14.2. The highest BCUT2D eigenvalue weighted by atomic mass is 28.4. The van der Waals surface area contributed by atoms with Gasteiger partial charge in [0.1, 0.15) is 12.2 Å². The van der Waals surface area contributed by atoms with Gasteiger partial charge in [0.15, 0.2) is 0 Å². The zero-order chi connectivity index (χ0) is 22.2. The van der Waals surface area contributed by atoms with Gasteiger partial charge in [-0.1, -0.05) is 81.4 Å². The molecule has 0 N–H and O–H groups in total. The summed E-state index contributed by atoms with van der Waals surface area (Å²) in [6.07, 6.45) is 1.83. The molecule has 0 radical (unpaired) electrons. The fraction of sp³-hybridized carbons (Fsp3) is 0.462. The highest BCUT2D eigenvalue weighted by Gasteiger charge is 2.61. The van der Waals surface area contributed by atoms with Crippen molar-refractivity contribution in [3.63, 3.8) is 0 Å². The molecule has 0 aromatic heterocycles. The van der Waals surface area contributed by atoms with Gasteiger partial charge in [-0.15, -0.1) is 0 Å². The molecule has 5 heteroatoms. The Bertz CT molecular complexity index is 883. The van der Waals surface area contributed by atoms with Crippen molar-refractivity contribution in [2.75, 3.05) is 7.11 Å². The number of ketones is 1. The van der Waals surface area contributed by atoms with Crippen molar-refractivity contribution in [3.8, 4) is 0 Å². The number of Topliss-reactive ketones (excluding diaryl/α,β-unsaturated/α-hetero) is 1. The van der Waals surface area contributed by atoms with E-state index in [0.29, 0.717) is 11.8 Å². The maximum atomic E-state index is 12.4. The van der Waals surface area contributed by atoms with Crippen LogP contribution in [0.5, 0.6) is 0 Å². The minimum atomic E-state index is -2.56. The topological polar surface area (TPSA) is 52.6 Å². The van der Waals surface area contributed by atoms with E-state index in [9.17, 15) is 9.59 Å². The summed E-state index contributed by atoms with van der Waals surface area (Å²) in [5.74, 6) is 0.305. The highest BCUT2D eigenvalue weighted by Crippen LogP contribution is 2.59. The predicted octanol–water partition coefficient (Wildman–Crippen LogP) is 3.72. The lowest BCUT2D eigenvalue weighted by molar-refractivity contribution is -0.143. The van der Waals surface area contributed by atoms with Gasteiger partial charge in [0.2, 0.25) is 0 Å². The number of rotatable bonds is 7. The molecule has 0 heterocycles. The zero-order valence-electron chi connectivity index (χ0n) is 18.8. The van der Waals surface area contributed by atoms with Crippen LogP contribution in [0.25, 0.3) is 0 Å². The molecule has 2 aromatic carbocycles. The summed E-state index contributed by atoms with van der Waals surface area (Å²) in [5, 5.41) is 2.52. The number of hydrogen-bond acceptors (Lipinski definition) is 4. The van der Waals surface area contributed by atoms with Crippen molar-refractivity contribution < 1.29 is 18.8 Å². The Morgan fingerprint density at radius 1 is 0.903 bits per heavy atom. The summed E-state index contributed by atoms with van der Waals surface area (Å²) < 4.78 is 11.9. The van der Waals surface area contributed by atoms with Gasteiger partial charge in [0.05, 0.1) is 7.11 Å². The number of esters is 1. The van der Waals surface area contributed by atoms with Crippen molar-refractivity contribution in [1.29, 1.82) is 0 Å². The standard InChI is InChI=1S/C26H32O4Si/c1-26(2,3)31(19-11-7-5-8-12-19,20-13-9-6-10-14-20)30-18-15-21-22(16-18)25(21)23(27)17-24(28)29-4/h5-14,18,21-22,25H,15-17H2,1-4H3/t18?,21-,22+,25?. The Morgan fingerprint density at radius 2 is 1.39 bits per heavy atom. The van der Waals surface area contributed by atoms with Crippen LogP contribution in [0.1, 0.15) is 40.0 Å². The van der Waals surface area contributed by atoms with Crippen LogP contribution in [0.3, 0.4) is 0 Å². The number of benzene rings is 2. The average Bonchev–Trinajstić information content (AvgIpc) is 3.27. The van der Waals surface area contributed by atoms with Crippen LogP contribution in [0.15, 0.2) is 60.7 Å². The Labute approximate surface area is 186 Å². The zero-order valence-corrected chi connectivity index (χ0v) is 19.8. The molecule has 4 atom stereocenters. The monoisotopic (exact) mass is 436 g/mol. The van der Waals surface area contributed by atoms with Gasteiger partial charge >= 0.3 is 5.97 Å². The first-order chi connectivity index (χ1) is 14.8. The molecule has 0 spiro atoms. The van der Waals surface area contributed by atoms with Gasteiger partial charge in [-0.05, 0) is 40.1 Å². The molecular formula is C26H32O4Si. The molecule has 2 saturated carbocycles. The largest absolute Gasteiger partial charge is 0.469 e. The summed E-state index contributed by atoms with van der Waals surface area (Å²) in [6.45, 7) is 6.87. The third-order valence-corrected chi connectivity index (χ3v) is 12.2. The van der Waals surface area contributed by atoms with E-state index >= 15 is 0 Å². The Hall–Kier alpha value is -2.24. The maximum Gasteiger partial charge on any atom is 0.313 e. The molecule has 2 aromatic rings. The van der Waals surface area contributed by atoms with Crippen LogP contribution in [0.2, 0.25) is 5.04 Å². The Kier molecular flexibility index (Phi) is 5.92. The maximum absolute atomic E-state index is 12.4. The molecule has 0 aliphatic heterocycles. The van der Waals surface area contributed by atoms with E-state index in [4.69, 9.17) is 4.43 Å². The summed E-state index contributed by atoms with van der Waals surface area (Å²) in [5.41, 5.74) is 0. The number of fused-ring (bicyclic) bond motifs is 1. The summed E-state index contributed by atoms with van der Waals surface area (Å²) in [7, 11) is -1.23. The molecule has 2 aliphatic carbocycles. The average molecular weight is 437 g/mol. The van der Waals surface area contributed by atoms with E-state index in [-0.39, 0.29) is 29.3 Å². The van der Waals surface area contributed by atoms with E-state index in [1.54, 1.807) is 0 Å². The van der Waals surface area contributed by atoms with E-state index < -0.39 is 14.3 Å². The van der Waals surface area contributed by atoms with Gasteiger partial charge in [0.25, 0.3) is 8.32 Å². The van der Waals surface area contributed by atoms with E-state index in [2.05, 4.69) is 86.2 Å². The van der Waals surface area contributed by atoms with Crippen LogP contribution in [0.4, 0.5) is 0 Å². The minimum Gasteiger partial charge on any atom is -0.469 e. The van der Waals surface area contributed by atoms with Gasteiger partial charge in [-0.2, -0.15) is 0 Å². The second-order valence-electron chi connectivity index (χ2n) is 9.95. The predicted molar refractivity (Wildman–Crippen MR) is 124 cm³/mol. The molecule has 0 bridgehead atoms. The van der Waals surface area contributed by atoms with Crippen LogP contribution in [-0.2, 0) is 18.8 Å². The number of ether oxygens (including phenoxy) is 1. The lowest BCUT2D eigenvalue weighted by Crippen LogP contribution is -2.67. The van der Waals surface area contributed by atoms with Crippen LogP contribution in [0, 0.1) is 17.8 Å². The number of carbonyl (C=O) groups excluding carboxylic acids is 2. The van der Waals surface area contributed by atoms with Gasteiger partial charge in [-0.25, -0.2) is 0 Å².